The van der Waals surface area contributed by atoms with E-state index in [0.29, 0.717) is 11.2 Å². The third-order valence-electron chi connectivity index (χ3n) is 2.42. The van der Waals surface area contributed by atoms with Crippen LogP contribution in [-0.4, -0.2) is 20.4 Å². The van der Waals surface area contributed by atoms with Crippen LogP contribution >= 0.6 is 0 Å². The van der Waals surface area contributed by atoms with E-state index in [1.54, 1.807) is 11.4 Å². The van der Waals surface area contributed by atoms with E-state index in [1.165, 1.54) is 0 Å². The zero-order chi connectivity index (χ0) is 11.2. The van der Waals surface area contributed by atoms with E-state index in [2.05, 4.69) is 10.1 Å². The second-order valence-corrected chi connectivity index (χ2v) is 3.79. The molecule has 0 bridgehead atoms. The van der Waals surface area contributed by atoms with Gasteiger partial charge in [-0.3, -0.25) is 4.79 Å². The number of Topliss-reactive ketones (excluding diaryl/α,β-unsaturated/α-hetero) is 1. The van der Waals surface area contributed by atoms with Gasteiger partial charge >= 0.3 is 0 Å². The molecular weight excluding hydrogens is 190 g/mol. The average molecular weight is 203 g/mol. The molecule has 2 heterocycles. The summed E-state index contributed by atoms with van der Waals surface area (Å²) in [5.41, 5.74) is 3.93. The molecule has 2 aromatic heterocycles. The molecule has 0 saturated heterocycles. The molecule has 78 valence electrons. The summed E-state index contributed by atoms with van der Waals surface area (Å²) in [4.78, 5) is 15.8. The number of nitrogens with zero attached hydrogens (tertiary/aromatic N) is 3. The van der Waals surface area contributed by atoms with Gasteiger partial charge in [0.15, 0.2) is 11.4 Å². The van der Waals surface area contributed by atoms with Crippen LogP contribution in [0, 0.1) is 20.8 Å². The Morgan fingerprint density at radius 2 is 2.00 bits per heavy atom. The predicted molar refractivity (Wildman–Crippen MR) is 57.2 cm³/mol. The van der Waals surface area contributed by atoms with E-state index in [0.717, 1.165) is 17.1 Å². The number of fused-ring (bicyclic) bond motifs is 1. The summed E-state index contributed by atoms with van der Waals surface area (Å²) in [6.07, 6.45) is 0. The highest BCUT2D eigenvalue weighted by molar-refractivity contribution is 6.00. The molecule has 0 aliphatic rings. The van der Waals surface area contributed by atoms with Gasteiger partial charge < -0.3 is 0 Å². The number of aryl methyl sites for hydroxylation is 3. The fourth-order valence-electron chi connectivity index (χ4n) is 1.84. The van der Waals surface area contributed by atoms with Crippen LogP contribution in [0.1, 0.15) is 34.4 Å². The molecule has 0 spiro atoms. The zero-order valence-corrected chi connectivity index (χ0v) is 9.33. The van der Waals surface area contributed by atoms with Crippen molar-refractivity contribution < 1.29 is 4.79 Å². The SMILES string of the molecule is CC(=O)c1c(C)nn2c(C)cc(C)nc12. The van der Waals surface area contributed by atoms with Crippen molar-refractivity contribution in [2.75, 3.05) is 0 Å². The Hall–Kier alpha value is -1.71. The van der Waals surface area contributed by atoms with E-state index in [9.17, 15) is 4.79 Å². The summed E-state index contributed by atoms with van der Waals surface area (Å²) in [6, 6.07) is 1.95. The number of rotatable bonds is 1. The van der Waals surface area contributed by atoms with Gasteiger partial charge in [-0.2, -0.15) is 5.10 Å². The van der Waals surface area contributed by atoms with Gasteiger partial charge in [-0.25, -0.2) is 9.50 Å². The highest BCUT2D eigenvalue weighted by Gasteiger charge is 2.15. The number of carbonyl (C=O) groups is 1. The molecule has 0 radical (unpaired) electrons. The lowest BCUT2D eigenvalue weighted by atomic mass is 10.2. The number of carbonyl (C=O) groups excluding carboxylic acids is 1. The maximum atomic E-state index is 11.5. The highest BCUT2D eigenvalue weighted by Crippen LogP contribution is 2.16. The van der Waals surface area contributed by atoms with Crippen LogP contribution in [0.3, 0.4) is 0 Å². The van der Waals surface area contributed by atoms with Crippen molar-refractivity contribution in [1.82, 2.24) is 14.6 Å². The van der Waals surface area contributed by atoms with Crippen molar-refractivity contribution in [2.24, 2.45) is 0 Å². The quantitative estimate of drug-likeness (QED) is 0.664. The van der Waals surface area contributed by atoms with Gasteiger partial charge in [-0.15, -0.1) is 0 Å². The van der Waals surface area contributed by atoms with Crippen LogP contribution in [0.25, 0.3) is 5.65 Å². The number of ketones is 1. The zero-order valence-electron chi connectivity index (χ0n) is 9.33. The highest BCUT2D eigenvalue weighted by atomic mass is 16.1. The van der Waals surface area contributed by atoms with Gasteiger partial charge in [0.1, 0.15) is 0 Å². The first-order valence-electron chi connectivity index (χ1n) is 4.85. The molecule has 0 atom stereocenters. The van der Waals surface area contributed by atoms with Crippen molar-refractivity contribution in [3.63, 3.8) is 0 Å². The minimum atomic E-state index is 0.0139. The molecule has 0 aliphatic carbocycles. The molecule has 2 aromatic rings. The predicted octanol–water partition coefficient (Wildman–Crippen LogP) is 1.86. The molecule has 0 aromatic carbocycles. The van der Waals surface area contributed by atoms with Gasteiger partial charge in [0.25, 0.3) is 0 Å². The Morgan fingerprint density at radius 1 is 1.33 bits per heavy atom. The summed E-state index contributed by atoms with van der Waals surface area (Å²) >= 11 is 0. The minimum Gasteiger partial charge on any atom is -0.294 e. The van der Waals surface area contributed by atoms with Gasteiger partial charge in [0.05, 0.1) is 11.3 Å². The van der Waals surface area contributed by atoms with E-state index in [1.807, 2.05) is 26.8 Å². The van der Waals surface area contributed by atoms with Gasteiger partial charge in [-0.05, 0) is 33.8 Å². The second-order valence-electron chi connectivity index (χ2n) is 3.79. The molecule has 0 saturated carbocycles. The van der Waals surface area contributed by atoms with Crippen LogP contribution in [0.15, 0.2) is 6.07 Å². The van der Waals surface area contributed by atoms with Crippen LogP contribution in [0.2, 0.25) is 0 Å². The molecule has 0 amide bonds. The van der Waals surface area contributed by atoms with Crippen LogP contribution in [0.5, 0.6) is 0 Å². The Kier molecular flexibility index (Phi) is 2.07. The van der Waals surface area contributed by atoms with Crippen LogP contribution < -0.4 is 0 Å². The topological polar surface area (TPSA) is 47.3 Å². The van der Waals surface area contributed by atoms with Crippen molar-refractivity contribution >= 4 is 11.4 Å². The van der Waals surface area contributed by atoms with Crippen LogP contribution in [0.4, 0.5) is 0 Å². The number of hydrogen-bond acceptors (Lipinski definition) is 3. The fourth-order valence-corrected chi connectivity index (χ4v) is 1.84. The Morgan fingerprint density at radius 3 is 2.60 bits per heavy atom. The molecule has 2 rings (SSSR count). The van der Waals surface area contributed by atoms with Crippen molar-refractivity contribution in [3.05, 3.63) is 28.7 Å². The Labute approximate surface area is 87.9 Å². The smallest absolute Gasteiger partial charge is 0.166 e. The maximum absolute atomic E-state index is 11.5. The molecule has 0 fully saturated rings. The molecule has 0 unspecified atom stereocenters. The molecule has 15 heavy (non-hydrogen) atoms. The molecule has 4 heteroatoms. The second kappa shape index (κ2) is 3.15. The summed E-state index contributed by atoms with van der Waals surface area (Å²) in [6.45, 7) is 7.25. The molecule has 0 aliphatic heterocycles. The van der Waals surface area contributed by atoms with Crippen molar-refractivity contribution in [2.45, 2.75) is 27.7 Å². The van der Waals surface area contributed by atoms with Gasteiger partial charge in [0, 0.05) is 11.4 Å². The maximum Gasteiger partial charge on any atom is 0.166 e. The number of hydrogen-bond donors (Lipinski definition) is 0. The Balaban J connectivity index is 2.93. The average Bonchev–Trinajstić information content (AvgIpc) is 2.41. The summed E-state index contributed by atoms with van der Waals surface area (Å²) in [5.74, 6) is 0.0139. The first-order chi connectivity index (χ1) is 7.00. The Bertz CT molecular complexity index is 554. The van der Waals surface area contributed by atoms with Crippen molar-refractivity contribution in [3.8, 4) is 0 Å². The lowest BCUT2D eigenvalue weighted by Gasteiger charge is -2.00. The van der Waals surface area contributed by atoms with E-state index in [-0.39, 0.29) is 5.78 Å². The minimum absolute atomic E-state index is 0.0139. The largest absolute Gasteiger partial charge is 0.294 e. The monoisotopic (exact) mass is 203 g/mol. The lowest BCUT2D eigenvalue weighted by Crippen LogP contribution is -1.99. The van der Waals surface area contributed by atoms with Gasteiger partial charge in [-0.1, -0.05) is 0 Å². The van der Waals surface area contributed by atoms with Gasteiger partial charge in [0.2, 0.25) is 0 Å². The van der Waals surface area contributed by atoms with E-state index < -0.39 is 0 Å². The third-order valence-corrected chi connectivity index (χ3v) is 2.42. The normalized spacial score (nSPS) is 10.9. The lowest BCUT2D eigenvalue weighted by molar-refractivity contribution is 0.101. The third kappa shape index (κ3) is 1.42. The van der Waals surface area contributed by atoms with E-state index in [4.69, 9.17) is 0 Å². The van der Waals surface area contributed by atoms with Crippen LogP contribution in [-0.2, 0) is 0 Å². The van der Waals surface area contributed by atoms with E-state index >= 15 is 0 Å². The number of aromatic nitrogens is 3. The first kappa shape index (κ1) is 9.83. The summed E-state index contributed by atoms with van der Waals surface area (Å²) < 4.78 is 1.72. The first-order valence-corrected chi connectivity index (χ1v) is 4.85. The molecule has 4 nitrogen and oxygen atoms in total. The fraction of sp³-hybridized carbons (Fsp3) is 0.364. The molecule has 0 N–H and O–H groups in total. The summed E-state index contributed by atoms with van der Waals surface area (Å²) in [7, 11) is 0. The molecular formula is C11H13N3O. The summed E-state index contributed by atoms with van der Waals surface area (Å²) in [5, 5.41) is 4.31. The van der Waals surface area contributed by atoms with Crippen molar-refractivity contribution in [1.29, 1.82) is 0 Å². The standard InChI is InChI=1S/C11H13N3O/c1-6-5-7(2)14-11(12-6)10(9(4)15)8(3)13-14/h5H,1-4H3.